The molecule has 11 heteroatoms. The van der Waals surface area contributed by atoms with Crippen LogP contribution in [0.5, 0.6) is 0 Å². The number of rotatable bonds is 2. The Morgan fingerprint density at radius 1 is 1.13 bits per heavy atom. The highest BCUT2D eigenvalue weighted by molar-refractivity contribution is 5.98. The number of nitrogen functional groups attached to an aromatic ring is 1. The van der Waals surface area contributed by atoms with Gasteiger partial charge in [0.2, 0.25) is 0 Å². The molecular formula is C20H16F4N4O3. The Kier molecular flexibility index (Phi) is 5.95. The van der Waals surface area contributed by atoms with E-state index in [0.29, 0.717) is 29.2 Å². The Morgan fingerprint density at radius 2 is 1.81 bits per heavy atom. The van der Waals surface area contributed by atoms with Crippen molar-refractivity contribution in [2.75, 3.05) is 12.3 Å². The van der Waals surface area contributed by atoms with Crippen molar-refractivity contribution in [3.63, 3.8) is 0 Å². The number of H-pyrrole nitrogens is 1. The lowest BCUT2D eigenvalue weighted by Crippen LogP contribution is -2.31. The Balaban J connectivity index is 0.000000339. The number of anilines is 1. The average Bonchev–Trinajstić information content (AvgIpc) is 3.13. The smallest absolute Gasteiger partial charge is 0.475 e. The lowest BCUT2D eigenvalue weighted by atomic mass is 10.1. The highest BCUT2D eigenvalue weighted by Gasteiger charge is 2.38. The van der Waals surface area contributed by atoms with Crippen molar-refractivity contribution in [2.45, 2.75) is 12.6 Å². The number of carboxylic acid groups (broad SMARTS) is 1. The van der Waals surface area contributed by atoms with Crippen LogP contribution in [0.2, 0.25) is 0 Å². The molecule has 3 heterocycles. The van der Waals surface area contributed by atoms with Gasteiger partial charge < -0.3 is 21.1 Å². The van der Waals surface area contributed by atoms with Gasteiger partial charge in [-0.1, -0.05) is 12.1 Å². The van der Waals surface area contributed by atoms with E-state index in [1.54, 1.807) is 36.4 Å². The van der Waals surface area contributed by atoms with Crippen LogP contribution >= 0.6 is 0 Å². The molecule has 0 bridgehead atoms. The molecule has 4 rings (SSSR count). The minimum atomic E-state index is -5.08. The standard InChI is InChI=1S/C18H15FN4O.C2HF3O2/c19-13-4-2-1-3-11(13)16-7-10(8-17(20)23-16)15-9-12-14(22-15)5-6-21-18(12)24;3-2(4,5)1(6)7/h1-4,7-9,22H,5-6H2,(H2,20,23)(H,21,24);(H,6,7). The minimum Gasteiger partial charge on any atom is -0.475 e. The molecule has 0 radical (unpaired) electrons. The first-order valence-corrected chi connectivity index (χ1v) is 8.89. The molecular weight excluding hydrogens is 420 g/mol. The normalized spacial score (nSPS) is 13.0. The van der Waals surface area contributed by atoms with E-state index in [0.717, 1.165) is 23.4 Å². The van der Waals surface area contributed by atoms with Crippen molar-refractivity contribution in [2.24, 2.45) is 0 Å². The zero-order valence-corrected chi connectivity index (χ0v) is 15.8. The fraction of sp³-hybridized carbons (Fsp3) is 0.150. The first-order chi connectivity index (χ1) is 14.6. The topological polar surface area (TPSA) is 121 Å². The minimum absolute atomic E-state index is 0.0879. The van der Waals surface area contributed by atoms with E-state index in [4.69, 9.17) is 15.6 Å². The number of benzene rings is 1. The van der Waals surface area contributed by atoms with Gasteiger partial charge in [0, 0.05) is 35.5 Å². The van der Waals surface area contributed by atoms with Crippen molar-refractivity contribution >= 4 is 17.7 Å². The Labute approximate surface area is 172 Å². The van der Waals surface area contributed by atoms with Crippen molar-refractivity contribution < 1.29 is 32.3 Å². The van der Waals surface area contributed by atoms with E-state index in [9.17, 15) is 22.4 Å². The fourth-order valence-electron chi connectivity index (χ4n) is 2.96. The molecule has 3 aromatic rings. The lowest BCUT2D eigenvalue weighted by molar-refractivity contribution is -0.192. The maximum Gasteiger partial charge on any atom is 0.490 e. The number of aromatic nitrogens is 2. The van der Waals surface area contributed by atoms with E-state index >= 15 is 0 Å². The quantitative estimate of drug-likeness (QED) is 0.459. The summed E-state index contributed by atoms with van der Waals surface area (Å²) in [4.78, 5) is 28.3. The number of hydrogen-bond donors (Lipinski definition) is 4. The van der Waals surface area contributed by atoms with Crippen LogP contribution in [0.25, 0.3) is 22.5 Å². The van der Waals surface area contributed by atoms with Gasteiger partial charge in [0.05, 0.1) is 11.3 Å². The summed E-state index contributed by atoms with van der Waals surface area (Å²) in [6.45, 7) is 0.616. The summed E-state index contributed by atoms with van der Waals surface area (Å²) in [6, 6.07) is 11.7. The molecule has 0 saturated carbocycles. The number of pyridine rings is 1. The average molecular weight is 436 g/mol. The van der Waals surface area contributed by atoms with Crippen molar-refractivity contribution in [3.8, 4) is 22.5 Å². The SMILES string of the molecule is Nc1cc(-c2cc3c([nH]2)CCNC3=O)cc(-c2ccccc2F)n1.O=C(O)C(F)(F)F. The molecule has 0 spiro atoms. The molecule has 0 atom stereocenters. The van der Waals surface area contributed by atoms with E-state index in [1.807, 2.05) is 0 Å². The van der Waals surface area contributed by atoms with Crippen LogP contribution in [0.4, 0.5) is 23.4 Å². The fourth-order valence-corrected chi connectivity index (χ4v) is 2.96. The molecule has 1 amide bonds. The number of amides is 1. The molecule has 5 N–H and O–H groups in total. The molecule has 0 aliphatic carbocycles. The van der Waals surface area contributed by atoms with Crippen LogP contribution in [-0.4, -0.2) is 39.7 Å². The molecule has 0 saturated heterocycles. The van der Waals surface area contributed by atoms with Crippen molar-refractivity contribution in [1.29, 1.82) is 0 Å². The maximum absolute atomic E-state index is 14.0. The van der Waals surface area contributed by atoms with E-state index in [2.05, 4.69) is 15.3 Å². The molecule has 1 aliphatic rings. The number of nitrogens with zero attached hydrogens (tertiary/aromatic N) is 1. The number of nitrogens with one attached hydrogen (secondary N) is 2. The largest absolute Gasteiger partial charge is 0.490 e. The third-order valence-electron chi connectivity index (χ3n) is 4.35. The molecule has 2 aromatic heterocycles. The van der Waals surface area contributed by atoms with E-state index in [-0.39, 0.29) is 11.7 Å². The molecule has 31 heavy (non-hydrogen) atoms. The number of nitrogens with two attached hydrogens (primary N) is 1. The summed E-state index contributed by atoms with van der Waals surface area (Å²) in [5, 5.41) is 9.94. The van der Waals surface area contributed by atoms with Gasteiger partial charge in [0.25, 0.3) is 5.91 Å². The Bertz CT molecular complexity index is 1140. The van der Waals surface area contributed by atoms with Gasteiger partial charge in [-0.05, 0) is 30.3 Å². The monoisotopic (exact) mass is 436 g/mol. The van der Waals surface area contributed by atoms with Gasteiger partial charge in [0.1, 0.15) is 11.6 Å². The van der Waals surface area contributed by atoms with Gasteiger partial charge in [0.15, 0.2) is 0 Å². The summed E-state index contributed by atoms with van der Waals surface area (Å²) in [7, 11) is 0. The number of alkyl halides is 3. The van der Waals surface area contributed by atoms with Crippen molar-refractivity contribution in [1.82, 2.24) is 15.3 Å². The molecule has 0 unspecified atom stereocenters. The van der Waals surface area contributed by atoms with Crippen molar-refractivity contribution in [3.05, 3.63) is 59.5 Å². The summed E-state index contributed by atoms with van der Waals surface area (Å²) in [5.41, 5.74) is 9.83. The number of carbonyl (C=O) groups excluding carboxylic acids is 1. The predicted molar refractivity (Wildman–Crippen MR) is 104 cm³/mol. The third kappa shape index (κ3) is 5.00. The number of hydrogen-bond acceptors (Lipinski definition) is 4. The maximum atomic E-state index is 14.0. The number of halogens is 4. The third-order valence-corrected chi connectivity index (χ3v) is 4.35. The summed E-state index contributed by atoms with van der Waals surface area (Å²) in [5.74, 6) is -2.91. The number of aliphatic carboxylic acids is 1. The van der Waals surface area contributed by atoms with E-state index < -0.39 is 12.1 Å². The van der Waals surface area contributed by atoms with Crippen LogP contribution in [0.3, 0.4) is 0 Å². The van der Waals surface area contributed by atoms with Gasteiger partial charge in [-0.15, -0.1) is 0 Å². The number of carbonyl (C=O) groups is 2. The van der Waals surface area contributed by atoms with Crippen LogP contribution < -0.4 is 11.1 Å². The highest BCUT2D eigenvalue weighted by Crippen LogP contribution is 2.29. The molecule has 1 aromatic carbocycles. The summed E-state index contributed by atoms with van der Waals surface area (Å²) < 4.78 is 45.8. The molecule has 7 nitrogen and oxygen atoms in total. The summed E-state index contributed by atoms with van der Waals surface area (Å²) in [6.07, 6.45) is -4.33. The van der Waals surface area contributed by atoms with Gasteiger partial charge in [-0.25, -0.2) is 14.2 Å². The number of carboxylic acids is 1. The second-order valence-corrected chi connectivity index (χ2v) is 6.53. The van der Waals surface area contributed by atoms with Crippen LogP contribution in [0.1, 0.15) is 16.1 Å². The predicted octanol–water partition coefficient (Wildman–Crippen LogP) is 3.38. The second-order valence-electron chi connectivity index (χ2n) is 6.53. The van der Waals surface area contributed by atoms with Crippen LogP contribution in [0.15, 0.2) is 42.5 Å². The van der Waals surface area contributed by atoms with Gasteiger partial charge in [-0.2, -0.15) is 13.2 Å². The van der Waals surface area contributed by atoms with Crippen LogP contribution in [-0.2, 0) is 11.2 Å². The Morgan fingerprint density at radius 3 is 2.42 bits per heavy atom. The van der Waals surface area contributed by atoms with E-state index in [1.165, 1.54) is 6.07 Å². The highest BCUT2D eigenvalue weighted by atomic mass is 19.4. The van der Waals surface area contributed by atoms with Gasteiger partial charge in [-0.3, -0.25) is 4.79 Å². The number of fused-ring (bicyclic) bond motifs is 1. The lowest BCUT2D eigenvalue weighted by Gasteiger charge is -2.11. The number of aromatic amines is 1. The molecule has 162 valence electrons. The summed E-state index contributed by atoms with van der Waals surface area (Å²) >= 11 is 0. The van der Waals surface area contributed by atoms with Crippen LogP contribution in [0, 0.1) is 5.82 Å². The zero-order valence-electron chi connectivity index (χ0n) is 15.8. The zero-order chi connectivity index (χ0) is 22.8. The first kappa shape index (κ1) is 21.8. The second kappa shape index (κ2) is 8.46. The molecule has 0 fully saturated rings. The van der Waals surface area contributed by atoms with Gasteiger partial charge >= 0.3 is 12.1 Å². The first-order valence-electron chi connectivity index (χ1n) is 8.89. The molecule has 1 aliphatic heterocycles. The Hall–Kier alpha value is -3.89.